The van der Waals surface area contributed by atoms with Gasteiger partial charge in [-0.3, -0.25) is 9.59 Å². The molecule has 0 heterocycles. The molecule has 2 aromatic carbocycles. The maximum atomic E-state index is 12.6. The van der Waals surface area contributed by atoms with Crippen molar-refractivity contribution >= 4 is 17.9 Å². The van der Waals surface area contributed by atoms with Crippen LogP contribution < -0.4 is 14.8 Å². The minimum Gasteiger partial charge on any atom is -0.493 e. The largest absolute Gasteiger partial charge is 0.493 e. The number of para-hydroxylation sites is 1. The highest BCUT2D eigenvalue weighted by Crippen LogP contribution is 2.33. The Hall–Kier alpha value is -3.42. The molecule has 0 bridgehead atoms. The quantitative estimate of drug-likeness (QED) is 0.686. The fraction of sp³-hybridized carbons (Fsp3) is 0.238. The molecule has 8 heteroatoms. The van der Waals surface area contributed by atoms with E-state index in [-0.39, 0.29) is 29.5 Å². The van der Waals surface area contributed by atoms with Gasteiger partial charge >= 0.3 is 6.61 Å². The summed E-state index contributed by atoms with van der Waals surface area (Å²) in [7, 11) is 4.68. The highest BCUT2D eigenvalue weighted by Gasteiger charge is 2.14. The van der Waals surface area contributed by atoms with Crippen LogP contribution in [-0.4, -0.2) is 44.5 Å². The van der Waals surface area contributed by atoms with Crippen molar-refractivity contribution in [2.75, 3.05) is 21.2 Å². The summed E-state index contributed by atoms with van der Waals surface area (Å²) in [6, 6.07) is 11.5. The monoisotopic (exact) mass is 404 g/mol. The zero-order valence-corrected chi connectivity index (χ0v) is 16.3. The average Bonchev–Trinajstić information content (AvgIpc) is 2.70. The van der Waals surface area contributed by atoms with Gasteiger partial charge in [0.1, 0.15) is 0 Å². The Balaban J connectivity index is 2.01. The zero-order valence-electron chi connectivity index (χ0n) is 16.3. The fourth-order valence-electron chi connectivity index (χ4n) is 2.48. The standard InChI is InChI=1S/C21H22F2N2O4/c1-25(2)20(27)16-9-7-14(8-10-16)13-24-18(26)12-11-15-5-4-6-17(28-3)19(15)29-21(22)23/h4-12,21H,13H2,1-3H3,(H,24,26)/b12-11+. The summed E-state index contributed by atoms with van der Waals surface area (Å²) >= 11 is 0. The molecule has 2 amide bonds. The molecule has 0 aliphatic rings. The SMILES string of the molecule is COc1cccc(/C=C/C(=O)NCc2ccc(C(=O)N(C)C)cc2)c1OC(F)F. The third-order valence-corrected chi connectivity index (χ3v) is 3.92. The van der Waals surface area contributed by atoms with E-state index >= 15 is 0 Å². The summed E-state index contributed by atoms with van der Waals surface area (Å²) in [4.78, 5) is 25.4. The number of nitrogens with zero attached hydrogens (tertiary/aromatic N) is 1. The summed E-state index contributed by atoms with van der Waals surface area (Å²) in [5.41, 5.74) is 1.64. The second-order valence-electron chi connectivity index (χ2n) is 6.20. The number of ether oxygens (including phenoxy) is 2. The minimum atomic E-state index is -3.02. The molecular weight excluding hydrogens is 382 g/mol. The topological polar surface area (TPSA) is 67.9 Å². The molecule has 0 spiro atoms. The molecule has 154 valence electrons. The number of halogens is 2. The van der Waals surface area contributed by atoms with Crippen LogP contribution in [0, 0.1) is 0 Å². The van der Waals surface area contributed by atoms with Crippen molar-refractivity contribution in [3.8, 4) is 11.5 Å². The Labute approximate surface area is 167 Å². The van der Waals surface area contributed by atoms with Gasteiger partial charge in [-0.05, 0) is 29.8 Å². The van der Waals surface area contributed by atoms with E-state index in [1.807, 2.05) is 0 Å². The third kappa shape index (κ3) is 6.31. The lowest BCUT2D eigenvalue weighted by Gasteiger charge is -2.12. The molecule has 2 rings (SSSR count). The number of amides is 2. The van der Waals surface area contributed by atoms with Gasteiger partial charge in [-0.2, -0.15) is 8.78 Å². The fourth-order valence-corrected chi connectivity index (χ4v) is 2.48. The normalized spacial score (nSPS) is 10.8. The predicted molar refractivity (Wildman–Crippen MR) is 105 cm³/mol. The minimum absolute atomic E-state index is 0.108. The second-order valence-corrected chi connectivity index (χ2v) is 6.20. The number of rotatable bonds is 8. The Morgan fingerprint density at radius 2 is 1.83 bits per heavy atom. The number of alkyl halides is 2. The van der Waals surface area contributed by atoms with Crippen LogP contribution in [0.2, 0.25) is 0 Å². The van der Waals surface area contributed by atoms with Gasteiger partial charge in [-0.15, -0.1) is 0 Å². The number of carbonyl (C=O) groups excluding carboxylic acids is 2. The molecule has 0 aliphatic heterocycles. The van der Waals surface area contributed by atoms with Crippen molar-refractivity contribution in [3.63, 3.8) is 0 Å². The molecule has 1 N–H and O–H groups in total. The molecule has 6 nitrogen and oxygen atoms in total. The lowest BCUT2D eigenvalue weighted by Crippen LogP contribution is -2.22. The van der Waals surface area contributed by atoms with E-state index < -0.39 is 12.5 Å². The second kappa shape index (κ2) is 10.2. The molecule has 0 radical (unpaired) electrons. The van der Waals surface area contributed by atoms with Gasteiger partial charge < -0.3 is 19.7 Å². The summed E-state index contributed by atoms with van der Waals surface area (Å²) < 4.78 is 34.8. The van der Waals surface area contributed by atoms with Gasteiger partial charge in [0.2, 0.25) is 5.91 Å². The number of carbonyl (C=O) groups is 2. The van der Waals surface area contributed by atoms with E-state index in [1.165, 1.54) is 36.3 Å². The van der Waals surface area contributed by atoms with Crippen molar-refractivity contribution in [1.82, 2.24) is 10.2 Å². The maximum absolute atomic E-state index is 12.6. The number of methoxy groups -OCH3 is 1. The lowest BCUT2D eigenvalue weighted by atomic mass is 10.1. The van der Waals surface area contributed by atoms with E-state index in [1.54, 1.807) is 44.4 Å². The third-order valence-electron chi connectivity index (χ3n) is 3.92. The van der Waals surface area contributed by atoms with Crippen molar-refractivity contribution in [1.29, 1.82) is 0 Å². The zero-order chi connectivity index (χ0) is 21.4. The first kappa shape index (κ1) is 21.9. The summed E-state index contributed by atoms with van der Waals surface area (Å²) in [6.07, 6.45) is 2.59. The van der Waals surface area contributed by atoms with E-state index in [2.05, 4.69) is 10.1 Å². The Bertz CT molecular complexity index is 881. The van der Waals surface area contributed by atoms with Gasteiger partial charge in [0.15, 0.2) is 11.5 Å². The number of hydrogen-bond acceptors (Lipinski definition) is 4. The van der Waals surface area contributed by atoms with Gasteiger partial charge in [-0.1, -0.05) is 24.3 Å². The van der Waals surface area contributed by atoms with Crippen LogP contribution in [-0.2, 0) is 11.3 Å². The maximum Gasteiger partial charge on any atom is 0.387 e. The average molecular weight is 404 g/mol. The number of benzene rings is 2. The summed E-state index contributed by atoms with van der Waals surface area (Å²) in [5.74, 6) is -0.525. The molecule has 0 saturated carbocycles. The van der Waals surface area contributed by atoms with Gasteiger partial charge in [0.25, 0.3) is 5.91 Å². The molecule has 0 unspecified atom stereocenters. The van der Waals surface area contributed by atoms with Crippen LogP contribution >= 0.6 is 0 Å². The molecule has 0 atom stereocenters. The van der Waals surface area contributed by atoms with Crippen LogP contribution in [0.1, 0.15) is 21.5 Å². The Morgan fingerprint density at radius 1 is 1.14 bits per heavy atom. The number of nitrogens with one attached hydrogen (secondary N) is 1. The predicted octanol–water partition coefficient (Wildman–Crippen LogP) is 3.33. The van der Waals surface area contributed by atoms with Crippen LogP contribution in [0.3, 0.4) is 0 Å². The van der Waals surface area contributed by atoms with Gasteiger partial charge in [0, 0.05) is 37.8 Å². The summed E-state index contributed by atoms with van der Waals surface area (Å²) in [5, 5.41) is 2.69. The number of hydrogen-bond donors (Lipinski definition) is 1. The summed E-state index contributed by atoms with van der Waals surface area (Å²) in [6.45, 7) is -2.77. The molecule has 29 heavy (non-hydrogen) atoms. The highest BCUT2D eigenvalue weighted by molar-refractivity contribution is 5.94. The molecule has 0 fully saturated rings. The van der Waals surface area contributed by atoms with Gasteiger partial charge in [0.05, 0.1) is 7.11 Å². The molecule has 2 aromatic rings. The van der Waals surface area contributed by atoms with Crippen molar-refractivity contribution in [3.05, 3.63) is 65.2 Å². The van der Waals surface area contributed by atoms with Crippen LogP contribution in [0.15, 0.2) is 48.5 Å². The Morgan fingerprint density at radius 3 is 2.41 bits per heavy atom. The van der Waals surface area contributed by atoms with E-state index in [0.717, 1.165) is 5.56 Å². The first-order chi connectivity index (χ1) is 13.8. The smallest absolute Gasteiger partial charge is 0.387 e. The van der Waals surface area contributed by atoms with Crippen molar-refractivity contribution in [2.24, 2.45) is 0 Å². The van der Waals surface area contributed by atoms with Gasteiger partial charge in [-0.25, -0.2) is 0 Å². The van der Waals surface area contributed by atoms with Crippen molar-refractivity contribution < 1.29 is 27.8 Å². The Kier molecular flexibility index (Phi) is 7.70. The van der Waals surface area contributed by atoms with Crippen molar-refractivity contribution in [2.45, 2.75) is 13.2 Å². The lowest BCUT2D eigenvalue weighted by molar-refractivity contribution is -0.116. The van der Waals surface area contributed by atoms with Crippen LogP contribution in [0.4, 0.5) is 8.78 Å². The molecular formula is C21H22F2N2O4. The van der Waals surface area contributed by atoms with Crippen LogP contribution in [0.25, 0.3) is 6.08 Å². The molecule has 0 aromatic heterocycles. The van der Waals surface area contributed by atoms with E-state index in [4.69, 9.17) is 4.74 Å². The van der Waals surface area contributed by atoms with E-state index in [9.17, 15) is 18.4 Å². The highest BCUT2D eigenvalue weighted by atomic mass is 19.3. The van der Waals surface area contributed by atoms with E-state index in [0.29, 0.717) is 5.56 Å². The first-order valence-electron chi connectivity index (χ1n) is 8.70. The molecule has 0 aliphatic carbocycles. The first-order valence-corrected chi connectivity index (χ1v) is 8.70. The van der Waals surface area contributed by atoms with Crippen LogP contribution in [0.5, 0.6) is 11.5 Å². The molecule has 0 saturated heterocycles.